The van der Waals surface area contributed by atoms with Crippen molar-refractivity contribution in [1.82, 2.24) is 25.8 Å². The van der Waals surface area contributed by atoms with E-state index in [0.717, 1.165) is 42.8 Å². The monoisotopic (exact) mass is 546 g/mol. The Hall–Kier alpha value is -3.64. The van der Waals surface area contributed by atoms with E-state index in [0.29, 0.717) is 47.3 Å². The van der Waals surface area contributed by atoms with Crippen LogP contribution in [0.4, 0.5) is 5.82 Å². The highest BCUT2D eigenvalue weighted by Crippen LogP contribution is 2.31. The number of aromatic nitrogens is 3. The number of morpholine rings is 1. The number of hydrogen-bond donors (Lipinski definition) is 3. The zero-order chi connectivity index (χ0) is 26.8. The first kappa shape index (κ1) is 25.6. The van der Waals surface area contributed by atoms with Crippen molar-refractivity contribution in [3.8, 4) is 34.0 Å². The van der Waals surface area contributed by atoms with Crippen molar-refractivity contribution < 1.29 is 17.7 Å². The second-order valence-corrected chi connectivity index (χ2v) is 12.0. The van der Waals surface area contributed by atoms with Gasteiger partial charge in [-0.3, -0.25) is 0 Å². The first-order chi connectivity index (χ1) is 19.0. The molecule has 0 bridgehead atoms. The summed E-state index contributed by atoms with van der Waals surface area (Å²) in [6.07, 6.45) is 3.08. The first-order valence-corrected chi connectivity index (χ1v) is 14.6. The van der Waals surface area contributed by atoms with Crippen LogP contribution in [0.2, 0.25) is 0 Å². The molecule has 202 valence electrons. The van der Waals surface area contributed by atoms with Crippen molar-refractivity contribution in [2.45, 2.75) is 29.0 Å². The van der Waals surface area contributed by atoms with Gasteiger partial charge in [0, 0.05) is 30.3 Å². The molecule has 39 heavy (non-hydrogen) atoms. The summed E-state index contributed by atoms with van der Waals surface area (Å²) in [5.41, 5.74) is 10.5. The SMILES string of the molecule is Nc1ncc(-c2ccc(S(=O)(=O)C3CCCNC3)cc2)nc1-c1cc(-c2ccc([C@@H]3COCCN3)cc2)no1. The number of ether oxygens (including phenoxy) is 1. The Morgan fingerprint density at radius 2 is 1.74 bits per heavy atom. The third-order valence-electron chi connectivity index (χ3n) is 7.24. The van der Waals surface area contributed by atoms with Gasteiger partial charge in [-0.15, -0.1) is 0 Å². The van der Waals surface area contributed by atoms with Crippen molar-refractivity contribution in [3.05, 3.63) is 66.4 Å². The Labute approximate surface area is 226 Å². The molecule has 0 spiro atoms. The van der Waals surface area contributed by atoms with E-state index in [-0.39, 0.29) is 11.9 Å². The molecule has 2 saturated heterocycles. The highest BCUT2D eigenvalue weighted by molar-refractivity contribution is 7.92. The number of rotatable bonds is 6. The van der Waals surface area contributed by atoms with E-state index in [2.05, 4.69) is 37.9 Å². The lowest BCUT2D eigenvalue weighted by atomic mass is 10.0. The van der Waals surface area contributed by atoms with E-state index < -0.39 is 15.1 Å². The lowest BCUT2D eigenvalue weighted by Gasteiger charge is -2.24. The maximum atomic E-state index is 13.0. The number of nitrogens with one attached hydrogen (secondary N) is 2. The van der Waals surface area contributed by atoms with Crippen LogP contribution in [0.3, 0.4) is 0 Å². The minimum Gasteiger partial charge on any atom is -0.382 e. The average molecular weight is 547 g/mol. The van der Waals surface area contributed by atoms with Crippen molar-refractivity contribution in [2.75, 3.05) is 38.6 Å². The summed E-state index contributed by atoms with van der Waals surface area (Å²) in [5.74, 6) is 0.608. The first-order valence-electron chi connectivity index (χ1n) is 13.1. The smallest absolute Gasteiger partial charge is 0.189 e. The van der Waals surface area contributed by atoms with Gasteiger partial charge in [0.15, 0.2) is 27.1 Å². The van der Waals surface area contributed by atoms with Crippen LogP contribution >= 0.6 is 0 Å². The molecule has 4 aromatic rings. The van der Waals surface area contributed by atoms with Gasteiger partial charge in [0.05, 0.1) is 41.3 Å². The molecule has 2 fully saturated rings. The van der Waals surface area contributed by atoms with E-state index >= 15 is 0 Å². The standard InChI is InChI=1S/C28H30N6O4S/c29-28-27(26-14-23(34-38-26)18-3-5-20(6-4-18)25-17-37-13-12-31-25)33-24(16-32-28)19-7-9-21(10-8-19)39(35,36)22-2-1-11-30-15-22/h3-10,14,16,22,25,30-31H,1-2,11-13,15,17H2,(H2,29,32)/t22?,25-/m0/s1. The molecule has 11 heteroatoms. The van der Waals surface area contributed by atoms with Crippen LogP contribution in [0.15, 0.2) is 70.2 Å². The second-order valence-electron chi connectivity index (χ2n) is 9.81. The summed E-state index contributed by atoms with van der Waals surface area (Å²) in [7, 11) is -3.40. The van der Waals surface area contributed by atoms with Gasteiger partial charge in [0.25, 0.3) is 0 Å². The molecule has 2 aliphatic rings. The Balaban J connectivity index is 1.22. The van der Waals surface area contributed by atoms with Crippen LogP contribution in [-0.2, 0) is 14.6 Å². The molecule has 6 rings (SSSR count). The molecular formula is C28H30N6O4S. The molecule has 10 nitrogen and oxygen atoms in total. The van der Waals surface area contributed by atoms with Crippen LogP contribution in [0.5, 0.6) is 0 Å². The van der Waals surface area contributed by atoms with E-state index in [9.17, 15) is 8.42 Å². The summed E-state index contributed by atoms with van der Waals surface area (Å²) in [4.78, 5) is 9.28. The van der Waals surface area contributed by atoms with Gasteiger partial charge >= 0.3 is 0 Å². The average Bonchev–Trinajstić information content (AvgIpc) is 3.49. The number of benzene rings is 2. The third kappa shape index (κ3) is 5.30. The second kappa shape index (κ2) is 10.9. The summed E-state index contributed by atoms with van der Waals surface area (Å²) >= 11 is 0. The minimum absolute atomic E-state index is 0.178. The van der Waals surface area contributed by atoms with Crippen molar-refractivity contribution in [1.29, 1.82) is 0 Å². The minimum atomic E-state index is -3.40. The normalized spacial score (nSPS) is 20.1. The van der Waals surface area contributed by atoms with E-state index in [1.807, 2.05) is 12.1 Å². The zero-order valence-corrected chi connectivity index (χ0v) is 22.2. The fourth-order valence-corrected chi connectivity index (χ4v) is 6.71. The Morgan fingerprint density at radius 1 is 0.974 bits per heavy atom. The molecule has 0 radical (unpaired) electrons. The molecule has 2 aromatic carbocycles. The predicted molar refractivity (Wildman–Crippen MR) is 147 cm³/mol. The predicted octanol–water partition coefficient (Wildman–Crippen LogP) is 3.23. The van der Waals surface area contributed by atoms with Gasteiger partial charge < -0.3 is 25.6 Å². The summed E-state index contributed by atoms with van der Waals surface area (Å²) in [6, 6.07) is 16.8. The number of nitrogens with two attached hydrogens (primary N) is 1. The lowest BCUT2D eigenvalue weighted by Crippen LogP contribution is -2.38. The van der Waals surface area contributed by atoms with E-state index in [4.69, 9.17) is 15.0 Å². The fraction of sp³-hybridized carbons (Fsp3) is 0.321. The third-order valence-corrected chi connectivity index (χ3v) is 9.45. The van der Waals surface area contributed by atoms with Crippen LogP contribution in [-0.4, -0.2) is 61.6 Å². The summed E-state index contributed by atoms with van der Waals surface area (Å²) in [6.45, 7) is 3.55. The van der Waals surface area contributed by atoms with Gasteiger partial charge in [-0.25, -0.2) is 18.4 Å². The molecule has 2 atom stereocenters. The highest BCUT2D eigenvalue weighted by atomic mass is 32.2. The van der Waals surface area contributed by atoms with Crippen molar-refractivity contribution in [3.63, 3.8) is 0 Å². The maximum Gasteiger partial charge on any atom is 0.189 e. The van der Waals surface area contributed by atoms with Gasteiger partial charge in [-0.05, 0) is 37.1 Å². The highest BCUT2D eigenvalue weighted by Gasteiger charge is 2.29. The molecule has 1 unspecified atom stereocenters. The number of anilines is 1. The number of sulfone groups is 1. The van der Waals surface area contributed by atoms with Crippen LogP contribution < -0.4 is 16.4 Å². The van der Waals surface area contributed by atoms with Crippen molar-refractivity contribution >= 4 is 15.7 Å². The molecule has 4 heterocycles. The molecule has 4 N–H and O–H groups in total. The number of nitrogens with zero attached hydrogens (tertiary/aromatic N) is 3. The largest absolute Gasteiger partial charge is 0.382 e. The molecular weight excluding hydrogens is 516 g/mol. The van der Waals surface area contributed by atoms with Gasteiger partial charge in [-0.2, -0.15) is 0 Å². The van der Waals surface area contributed by atoms with Gasteiger partial charge in [-0.1, -0.05) is 41.6 Å². The van der Waals surface area contributed by atoms with E-state index in [1.165, 1.54) is 0 Å². The summed E-state index contributed by atoms with van der Waals surface area (Å²) in [5, 5.41) is 10.4. The number of piperidine rings is 1. The Bertz CT molecular complexity index is 1540. The zero-order valence-electron chi connectivity index (χ0n) is 21.3. The lowest BCUT2D eigenvalue weighted by molar-refractivity contribution is 0.0769. The maximum absolute atomic E-state index is 13.0. The topological polar surface area (TPSA) is 145 Å². The van der Waals surface area contributed by atoms with Crippen LogP contribution in [0.25, 0.3) is 34.0 Å². The number of hydrogen-bond acceptors (Lipinski definition) is 10. The number of nitrogen functional groups attached to an aromatic ring is 1. The van der Waals surface area contributed by atoms with Gasteiger partial charge in [0.1, 0.15) is 5.69 Å². The summed E-state index contributed by atoms with van der Waals surface area (Å²) < 4.78 is 37.2. The van der Waals surface area contributed by atoms with Gasteiger partial charge in [0.2, 0.25) is 0 Å². The van der Waals surface area contributed by atoms with Crippen molar-refractivity contribution in [2.24, 2.45) is 0 Å². The van der Waals surface area contributed by atoms with E-state index in [1.54, 1.807) is 36.5 Å². The molecule has 0 aliphatic carbocycles. The van der Waals surface area contributed by atoms with Crippen LogP contribution in [0.1, 0.15) is 24.4 Å². The molecule has 2 aliphatic heterocycles. The Kier molecular flexibility index (Phi) is 7.13. The molecule has 2 aromatic heterocycles. The molecule has 0 amide bonds. The molecule has 0 saturated carbocycles. The fourth-order valence-electron chi connectivity index (χ4n) is 5.00. The van der Waals surface area contributed by atoms with Crippen LogP contribution in [0, 0.1) is 0 Å². The quantitative estimate of drug-likeness (QED) is 0.329. The Morgan fingerprint density at radius 3 is 2.46 bits per heavy atom.